The summed E-state index contributed by atoms with van der Waals surface area (Å²) < 4.78 is 88.0. The monoisotopic (exact) mass is 1080 g/mol. The largest absolute Gasteiger partial charge is 0.480 e. The predicted molar refractivity (Wildman–Crippen MR) is 258 cm³/mol. The van der Waals surface area contributed by atoms with Crippen LogP contribution >= 0.6 is 30.8 Å². The van der Waals surface area contributed by atoms with Crippen LogP contribution in [0.2, 0.25) is 5.02 Å². The Labute approximate surface area is 416 Å². The molecule has 1 aliphatic rings. The number of nitrogens with one attached hydrogen (secondary N) is 1. The average molecular weight is 1080 g/mol. The fourth-order valence-electron chi connectivity index (χ4n) is 6.44. The van der Waals surface area contributed by atoms with E-state index in [0.717, 1.165) is 48.4 Å². The van der Waals surface area contributed by atoms with Crippen molar-refractivity contribution in [3.8, 4) is 11.5 Å². The van der Waals surface area contributed by atoms with Crippen molar-refractivity contribution < 1.29 is 74.4 Å². The topological polar surface area (TPSA) is 292 Å². The number of alkyl halides is 4. The number of halogens is 5. The van der Waals surface area contributed by atoms with Gasteiger partial charge in [0.05, 0.1) is 58.3 Å². The van der Waals surface area contributed by atoms with Crippen LogP contribution in [-0.2, 0) is 41.3 Å². The van der Waals surface area contributed by atoms with Crippen molar-refractivity contribution in [3.05, 3.63) is 134 Å². The number of carboxylic acids is 1. The van der Waals surface area contributed by atoms with Crippen LogP contribution in [0.15, 0.2) is 94.5 Å². The van der Waals surface area contributed by atoms with Crippen LogP contribution in [-0.4, -0.2) is 95.8 Å². The van der Waals surface area contributed by atoms with Gasteiger partial charge < -0.3 is 39.5 Å². The number of ketones is 1. The number of carbonyl (C=O) groups excluding carboxylic acids is 2. The summed E-state index contributed by atoms with van der Waals surface area (Å²) in [4.78, 5) is 62.2. The van der Waals surface area contributed by atoms with Gasteiger partial charge in [0.25, 0.3) is 5.69 Å². The van der Waals surface area contributed by atoms with Crippen LogP contribution in [0.1, 0.15) is 71.0 Å². The SMILES string of the molecule is CCc1cccc(C)c1N(C(=O)CCl)C(C)COC.CS(=O)(=O)c1cc(C(F)(F)F)ccc1C(=O)c1cnoc1C1CC1.Nc1c([N+](=O)[O-])ccc(Oc2ccccc2)c1Cl.O=C(O)CNCP(=O)(O)O. The van der Waals surface area contributed by atoms with Gasteiger partial charge >= 0.3 is 19.7 Å². The molecule has 1 aliphatic carbocycles. The summed E-state index contributed by atoms with van der Waals surface area (Å²) in [6, 6.07) is 19.7. The number of amides is 1. The second-order valence-corrected chi connectivity index (χ2v) is 19.7. The van der Waals surface area contributed by atoms with E-state index in [1.54, 1.807) is 36.3 Å². The molecule has 26 heteroatoms. The number of ether oxygens (including phenoxy) is 2. The Morgan fingerprint density at radius 3 is 2.24 bits per heavy atom. The molecule has 386 valence electrons. The standard InChI is InChI=1S/C15H22ClNO2.C15H12F3NO4S.C12H9ClN2O3.C3H8NO5P/c1-5-13-8-6-7-11(2)15(13)17(14(18)9-16)12(3)10-19-4;1-24(21,22)12-6-9(15(16,17)18)4-5-10(12)13(20)11-7-19-23-14(11)8-2-3-8;13-11-10(18-8-4-2-1-3-5-8)7-6-9(12(11)14)15(16)17;5-3(6)1-4-2-10(7,8)9/h6-8,12H,5,9-10H2,1-4H3;4-8H,2-3H2,1H3;1-7H,14H2;4H,1-2H2,(H,5,6)(H2,7,8,9). The highest BCUT2D eigenvalue weighted by Gasteiger charge is 2.36. The number of aryl methyl sites for hydroxylation is 2. The number of hydrogen-bond donors (Lipinski definition) is 5. The Balaban J connectivity index is 0.000000260. The van der Waals surface area contributed by atoms with Gasteiger partial charge in [0, 0.05) is 30.9 Å². The first-order valence-electron chi connectivity index (χ1n) is 20.9. The number of nitro benzene ring substituents is 1. The minimum absolute atomic E-state index is 0.0223. The number of methoxy groups -OCH3 is 1. The molecule has 6 rings (SSSR count). The number of nitrogens with two attached hydrogens (primary N) is 1. The Morgan fingerprint density at radius 2 is 1.72 bits per heavy atom. The van der Waals surface area contributed by atoms with Gasteiger partial charge in [0.1, 0.15) is 28.1 Å². The fraction of sp³-hybridized carbons (Fsp3) is 0.333. The molecule has 0 saturated heterocycles. The normalized spacial score (nSPS) is 12.7. The average Bonchev–Trinajstić information content (AvgIpc) is 4.03. The molecule has 1 amide bonds. The summed E-state index contributed by atoms with van der Waals surface area (Å²) in [7, 11) is -6.50. The molecule has 1 heterocycles. The highest BCUT2D eigenvalue weighted by molar-refractivity contribution is 7.90. The number of hydrogen-bond acceptors (Lipinski definition) is 14. The van der Waals surface area contributed by atoms with Crippen molar-refractivity contribution in [3.63, 3.8) is 0 Å². The lowest BCUT2D eigenvalue weighted by Crippen LogP contribution is -2.43. The zero-order chi connectivity index (χ0) is 53.4. The maximum atomic E-state index is 12.8. The van der Waals surface area contributed by atoms with Gasteiger partial charge in [-0.2, -0.15) is 13.2 Å². The van der Waals surface area contributed by atoms with Crippen molar-refractivity contribution >= 4 is 75.4 Å². The Hall–Kier alpha value is -5.91. The molecule has 6 N–H and O–H groups in total. The number of carbonyl (C=O) groups is 3. The van der Waals surface area contributed by atoms with Gasteiger partial charge in [-0.15, -0.1) is 11.6 Å². The summed E-state index contributed by atoms with van der Waals surface area (Å²) in [6.07, 6.45) is -0.864. The zero-order valence-corrected chi connectivity index (χ0v) is 41.9. The molecule has 0 spiro atoms. The van der Waals surface area contributed by atoms with E-state index in [1.807, 2.05) is 32.0 Å². The van der Waals surface area contributed by atoms with Gasteiger partial charge in [-0.3, -0.25) is 34.4 Å². The molecule has 4 aromatic carbocycles. The molecule has 0 aliphatic heterocycles. The van der Waals surface area contributed by atoms with E-state index in [1.165, 1.54) is 18.3 Å². The number of sulfone groups is 1. The van der Waals surface area contributed by atoms with Crippen molar-refractivity contribution in [1.82, 2.24) is 10.5 Å². The molecular formula is C45H51Cl2F3N5O14PS. The number of nitrogen functional groups attached to an aromatic ring is 1. The minimum atomic E-state index is -4.71. The molecule has 0 bridgehead atoms. The fourth-order valence-corrected chi connectivity index (χ4v) is 8.07. The molecule has 1 aromatic heterocycles. The number of anilines is 2. The quantitative estimate of drug-likeness (QED) is 0.0145. The summed E-state index contributed by atoms with van der Waals surface area (Å²) in [5.74, 6) is -0.720. The number of benzene rings is 4. The summed E-state index contributed by atoms with van der Waals surface area (Å²) in [6.45, 7) is 6.12. The van der Waals surface area contributed by atoms with E-state index in [2.05, 4.69) is 23.5 Å². The van der Waals surface area contributed by atoms with Gasteiger partial charge in [-0.25, -0.2) is 8.42 Å². The van der Waals surface area contributed by atoms with Crippen LogP contribution < -0.4 is 20.7 Å². The number of rotatable bonds is 17. The molecule has 19 nitrogen and oxygen atoms in total. The molecule has 71 heavy (non-hydrogen) atoms. The van der Waals surface area contributed by atoms with Gasteiger partial charge in [0.2, 0.25) is 5.91 Å². The Kier molecular flexibility index (Phi) is 22.2. The first-order chi connectivity index (χ1) is 33.2. The van der Waals surface area contributed by atoms with Crippen molar-refractivity contribution in [2.75, 3.05) is 49.3 Å². The second kappa shape index (κ2) is 26.5. The highest BCUT2D eigenvalue weighted by Crippen LogP contribution is 2.43. The van der Waals surface area contributed by atoms with Crippen LogP contribution in [0.25, 0.3) is 0 Å². The molecule has 1 atom stereocenters. The number of para-hydroxylation sites is 2. The molecular weight excluding hydrogens is 1030 g/mol. The maximum absolute atomic E-state index is 12.8. The van der Waals surface area contributed by atoms with Gasteiger partial charge in [0.15, 0.2) is 21.4 Å². The van der Waals surface area contributed by atoms with E-state index < -0.39 is 63.6 Å². The minimum Gasteiger partial charge on any atom is -0.480 e. The lowest BCUT2D eigenvalue weighted by molar-refractivity contribution is -0.383. The van der Waals surface area contributed by atoms with Crippen molar-refractivity contribution in [1.29, 1.82) is 0 Å². The number of carboxylic acid groups (broad SMARTS) is 1. The van der Waals surface area contributed by atoms with E-state index >= 15 is 0 Å². The third-order valence-corrected chi connectivity index (χ3v) is 12.2. The first-order valence-corrected chi connectivity index (χ1v) is 25.5. The zero-order valence-electron chi connectivity index (χ0n) is 38.7. The third kappa shape index (κ3) is 18.0. The summed E-state index contributed by atoms with van der Waals surface area (Å²) in [5, 5.41) is 24.3. The molecule has 1 fully saturated rings. The molecule has 1 saturated carbocycles. The predicted octanol–water partition coefficient (Wildman–Crippen LogP) is 8.79. The highest BCUT2D eigenvalue weighted by atomic mass is 35.5. The van der Waals surface area contributed by atoms with E-state index in [4.69, 9.17) is 57.8 Å². The van der Waals surface area contributed by atoms with Crippen molar-refractivity contribution in [2.45, 2.75) is 63.1 Å². The lowest BCUT2D eigenvalue weighted by atomic mass is 10.0. The summed E-state index contributed by atoms with van der Waals surface area (Å²) in [5.41, 5.74) is 7.09. The Bertz CT molecular complexity index is 2810. The van der Waals surface area contributed by atoms with E-state index in [9.17, 15) is 50.7 Å². The van der Waals surface area contributed by atoms with Crippen LogP contribution in [0.5, 0.6) is 11.5 Å². The van der Waals surface area contributed by atoms with Crippen LogP contribution in [0.4, 0.5) is 30.2 Å². The van der Waals surface area contributed by atoms with Crippen LogP contribution in [0.3, 0.4) is 0 Å². The number of aromatic nitrogens is 1. The van der Waals surface area contributed by atoms with E-state index in [-0.39, 0.29) is 57.0 Å². The molecule has 0 radical (unpaired) electrons. The molecule has 5 aromatic rings. The van der Waals surface area contributed by atoms with Crippen molar-refractivity contribution in [2.24, 2.45) is 0 Å². The van der Waals surface area contributed by atoms with Gasteiger partial charge in [-0.1, -0.05) is 60.1 Å². The Morgan fingerprint density at radius 1 is 1.07 bits per heavy atom. The van der Waals surface area contributed by atoms with Crippen LogP contribution in [0, 0.1) is 17.0 Å². The third-order valence-electron chi connectivity index (χ3n) is 9.80. The van der Waals surface area contributed by atoms with Gasteiger partial charge in [-0.05, 0) is 80.6 Å². The second-order valence-electron chi connectivity index (χ2n) is 15.5. The maximum Gasteiger partial charge on any atom is 0.416 e. The molecule has 1 unspecified atom stereocenters. The summed E-state index contributed by atoms with van der Waals surface area (Å²) >= 11 is 11.7. The lowest BCUT2D eigenvalue weighted by Gasteiger charge is -2.31. The smallest absolute Gasteiger partial charge is 0.416 e. The van der Waals surface area contributed by atoms with E-state index in [0.29, 0.717) is 30.2 Å². The number of nitrogens with zero attached hydrogens (tertiary/aromatic N) is 3. The number of aliphatic carboxylic acids is 1. The number of nitro groups is 1. The first kappa shape index (κ1) is 59.4.